The lowest BCUT2D eigenvalue weighted by Gasteiger charge is -2.19. The lowest BCUT2D eigenvalue weighted by atomic mass is 9.92. The van der Waals surface area contributed by atoms with Gasteiger partial charge in [0.2, 0.25) is 0 Å². The topological polar surface area (TPSA) is 47.3 Å². The Morgan fingerprint density at radius 3 is 2.73 bits per heavy atom. The van der Waals surface area contributed by atoms with Crippen LogP contribution in [0.1, 0.15) is 39.5 Å². The predicted octanol–water partition coefficient (Wildman–Crippen LogP) is 1.52. The molecule has 3 N–H and O–H groups in total. The Balaban J connectivity index is 2.11. The molecule has 1 saturated carbocycles. The molecule has 0 spiro atoms. The van der Waals surface area contributed by atoms with Crippen LogP contribution in [0.4, 0.5) is 0 Å². The highest BCUT2D eigenvalue weighted by molar-refractivity contribution is 4.86. The molecule has 90 valence electrons. The number of hydrogen-bond donors (Lipinski definition) is 2. The maximum absolute atomic E-state index is 5.57. The minimum Gasteiger partial charge on any atom is -0.380 e. The van der Waals surface area contributed by atoms with E-state index >= 15 is 0 Å². The number of nitrogens with one attached hydrogen (secondary N) is 1. The summed E-state index contributed by atoms with van der Waals surface area (Å²) in [6, 6.07) is 0.704. The second-order valence-electron chi connectivity index (χ2n) is 5.44. The summed E-state index contributed by atoms with van der Waals surface area (Å²) in [4.78, 5) is 0. The number of hydrogen-bond acceptors (Lipinski definition) is 3. The SMILES string of the molecule is COC(CN)CCNC1CCC(C)(C)C1. The molecule has 0 amide bonds. The lowest BCUT2D eigenvalue weighted by molar-refractivity contribution is 0.101. The van der Waals surface area contributed by atoms with Crippen molar-refractivity contribution < 1.29 is 4.74 Å². The highest BCUT2D eigenvalue weighted by atomic mass is 16.5. The normalized spacial score (nSPS) is 26.8. The molecule has 0 aliphatic heterocycles. The van der Waals surface area contributed by atoms with Gasteiger partial charge in [-0.15, -0.1) is 0 Å². The first-order valence-corrected chi connectivity index (χ1v) is 6.03. The summed E-state index contributed by atoms with van der Waals surface area (Å²) in [6.45, 7) is 6.35. The van der Waals surface area contributed by atoms with Crippen molar-refractivity contribution in [2.45, 2.75) is 51.7 Å². The molecule has 0 aromatic heterocycles. The zero-order valence-electron chi connectivity index (χ0n) is 10.4. The summed E-state index contributed by atoms with van der Waals surface area (Å²) in [6.07, 6.45) is 5.19. The van der Waals surface area contributed by atoms with Crippen LogP contribution >= 0.6 is 0 Å². The summed E-state index contributed by atoms with van der Waals surface area (Å²) >= 11 is 0. The van der Waals surface area contributed by atoms with Crippen molar-refractivity contribution in [3.8, 4) is 0 Å². The van der Waals surface area contributed by atoms with Gasteiger partial charge in [0.05, 0.1) is 6.10 Å². The van der Waals surface area contributed by atoms with Crippen molar-refractivity contribution in [2.24, 2.45) is 11.1 Å². The van der Waals surface area contributed by atoms with Crippen LogP contribution in [-0.2, 0) is 4.74 Å². The summed E-state index contributed by atoms with van der Waals surface area (Å²) in [5.74, 6) is 0. The van der Waals surface area contributed by atoms with Gasteiger partial charge in [0.1, 0.15) is 0 Å². The van der Waals surface area contributed by atoms with Gasteiger partial charge in [-0.1, -0.05) is 13.8 Å². The van der Waals surface area contributed by atoms with E-state index in [2.05, 4.69) is 19.2 Å². The fourth-order valence-electron chi connectivity index (χ4n) is 2.39. The monoisotopic (exact) mass is 214 g/mol. The molecule has 1 fully saturated rings. The van der Waals surface area contributed by atoms with Crippen molar-refractivity contribution in [1.82, 2.24) is 5.32 Å². The smallest absolute Gasteiger partial charge is 0.0705 e. The number of nitrogens with two attached hydrogens (primary N) is 1. The van der Waals surface area contributed by atoms with E-state index in [0.717, 1.165) is 13.0 Å². The van der Waals surface area contributed by atoms with E-state index in [1.165, 1.54) is 19.3 Å². The molecule has 0 aromatic carbocycles. The molecule has 3 heteroatoms. The van der Waals surface area contributed by atoms with Gasteiger partial charge in [-0.05, 0) is 37.6 Å². The third kappa shape index (κ3) is 4.49. The molecule has 2 unspecified atom stereocenters. The molecule has 0 heterocycles. The fourth-order valence-corrected chi connectivity index (χ4v) is 2.39. The Kier molecular flexibility index (Phi) is 5.03. The highest BCUT2D eigenvalue weighted by Crippen LogP contribution is 2.36. The van der Waals surface area contributed by atoms with Crippen LogP contribution in [-0.4, -0.2) is 32.3 Å². The van der Waals surface area contributed by atoms with Gasteiger partial charge < -0.3 is 15.8 Å². The third-order valence-corrected chi connectivity index (χ3v) is 3.46. The zero-order chi connectivity index (χ0) is 11.3. The van der Waals surface area contributed by atoms with E-state index in [0.29, 0.717) is 18.0 Å². The Labute approximate surface area is 93.8 Å². The van der Waals surface area contributed by atoms with Crippen molar-refractivity contribution in [2.75, 3.05) is 20.2 Å². The van der Waals surface area contributed by atoms with Crippen LogP contribution in [0, 0.1) is 5.41 Å². The van der Waals surface area contributed by atoms with Crippen LogP contribution in [0.25, 0.3) is 0 Å². The average molecular weight is 214 g/mol. The average Bonchev–Trinajstić information content (AvgIpc) is 2.53. The van der Waals surface area contributed by atoms with Crippen molar-refractivity contribution in [3.63, 3.8) is 0 Å². The molecule has 0 radical (unpaired) electrons. The van der Waals surface area contributed by atoms with Crippen molar-refractivity contribution >= 4 is 0 Å². The first-order chi connectivity index (χ1) is 7.07. The Hall–Kier alpha value is -0.120. The molecule has 15 heavy (non-hydrogen) atoms. The maximum Gasteiger partial charge on any atom is 0.0705 e. The van der Waals surface area contributed by atoms with E-state index in [9.17, 15) is 0 Å². The molecule has 1 rings (SSSR count). The summed E-state index contributed by atoms with van der Waals surface area (Å²) < 4.78 is 5.24. The second-order valence-corrected chi connectivity index (χ2v) is 5.44. The van der Waals surface area contributed by atoms with E-state index in [4.69, 9.17) is 10.5 Å². The quantitative estimate of drug-likeness (QED) is 0.705. The molecule has 0 bridgehead atoms. The van der Waals surface area contributed by atoms with Gasteiger partial charge in [-0.25, -0.2) is 0 Å². The van der Waals surface area contributed by atoms with Gasteiger partial charge >= 0.3 is 0 Å². The van der Waals surface area contributed by atoms with Gasteiger partial charge in [0, 0.05) is 19.7 Å². The number of rotatable bonds is 6. The van der Waals surface area contributed by atoms with Crippen LogP contribution in [0.2, 0.25) is 0 Å². The Bertz CT molecular complexity index is 178. The lowest BCUT2D eigenvalue weighted by Crippen LogP contribution is -2.32. The number of methoxy groups -OCH3 is 1. The zero-order valence-corrected chi connectivity index (χ0v) is 10.4. The molecular weight excluding hydrogens is 188 g/mol. The van der Waals surface area contributed by atoms with E-state index < -0.39 is 0 Å². The molecule has 3 nitrogen and oxygen atoms in total. The minimum absolute atomic E-state index is 0.215. The van der Waals surface area contributed by atoms with Gasteiger partial charge in [0.15, 0.2) is 0 Å². The van der Waals surface area contributed by atoms with Gasteiger partial charge in [-0.3, -0.25) is 0 Å². The van der Waals surface area contributed by atoms with Gasteiger partial charge in [0.25, 0.3) is 0 Å². The highest BCUT2D eigenvalue weighted by Gasteiger charge is 2.30. The van der Waals surface area contributed by atoms with E-state index in [1.807, 2.05) is 0 Å². The van der Waals surface area contributed by atoms with E-state index in [1.54, 1.807) is 7.11 Å². The molecule has 1 aliphatic rings. The Morgan fingerprint density at radius 1 is 1.53 bits per heavy atom. The third-order valence-electron chi connectivity index (χ3n) is 3.46. The van der Waals surface area contributed by atoms with Gasteiger partial charge in [-0.2, -0.15) is 0 Å². The first kappa shape index (κ1) is 12.9. The fraction of sp³-hybridized carbons (Fsp3) is 1.00. The number of ether oxygens (including phenoxy) is 1. The second kappa shape index (κ2) is 5.83. The van der Waals surface area contributed by atoms with Crippen molar-refractivity contribution in [3.05, 3.63) is 0 Å². The summed E-state index contributed by atoms with van der Waals surface area (Å²) in [5, 5.41) is 3.60. The van der Waals surface area contributed by atoms with E-state index in [-0.39, 0.29) is 6.10 Å². The standard InChI is InChI=1S/C12H26N2O/c1-12(2)6-4-10(8-12)14-7-5-11(9-13)15-3/h10-11,14H,4-9,13H2,1-3H3. The molecular formula is C12H26N2O. The largest absolute Gasteiger partial charge is 0.380 e. The van der Waals surface area contributed by atoms with Crippen molar-refractivity contribution in [1.29, 1.82) is 0 Å². The summed E-state index contributed by atoms with van der Waals surface area (Å²) in [5.41, 5.74) is 6.10. The summed E-state index contributed by atoms with van der Waals surface area (Å²) in [7, 11) is 1.73. The van der Waals surface area contributed by atoms with Crippen LogP contribution < -0.4 is 11.1 Å². The van der Waals surface area contributed by atoms with Crippen LogP contribution in [0.5, 0.6) is 0 Å². The predicted molar refractivity (Wildman–Crippen MR) is 63.9 cm³/mol. The molecule has 0 aromatic rings. The van der Waals surface area contributed by atoms with Crippen LogP contribution in [0.15, 0.2) is 0 Å². The molecule has 1 aliphatic carbocycles. The molecule has 0 saturated heterocycles. The first-order valence-electron chi connectivity index (χ1n) is 6.03. The Morgan fingerprint density at radius 2 is 2.27 bits per heavy atom. The maximum atomic E-state index is 5.57. The minimum atomic E-state index is 0.215. The molecule has 2 atom stereocenters. The van der Waals surface area contributed by atoms with Crippen LogP contribution in [0.3, 0.4) is 0 Å².